The zero-order valence-corrected chi connectivity index (χ0v) is 11.9. The molecule has 0 amide bonds. The van der Waals surface area contributed by atoms with E-state index in [9.17, 15) is 4.79 Å². The molecule has 0 heterocycles. The summed E-state index contributed by atoms with van der Waals surface area (Å²) in [4.78, 5) is 12.6. The lowest BCUT2D eigenvalue weighted by Crippen LogP contribution is -2.00. The molecule has 0 aliphatic carbocycles. The number of esters is 1. The van der Waals surface area contributed by atoms with E-state index in [4.69, 9.17) is 0 Å². The molecule has 0 unspecified atom stereocenters. The maximum Gasteiger partial charge on any atom is 0.337 e. The van der Waals surface area contributed by atoms with Crippen molar-refractivity contribution in [3.63, 3.8) is 0 Å². The smallest absolute Gasteiger partial charge is 0.337 e. The fourth-order valence-electron chi connectivity index (χ4n) is 1.73. The summed E-state index contributed by atoms with van der Waals surface area (Å²) in [5, 5.41) is 0. The Labute approximate surface area is 117 Å². The first-order valence-electron chi connectivity index (χ1n) is 6.06. The largest absolute Gasteiger partial charge is 0.465 e. The number of carbonyl (C=O) groups is 1. The predicted octanol–water partition coefficient (Wildman–Crippen LogP) is 4.07. The van der Waals surface area contributed by atoms with Crippen LogP contribution in [0.15, 0.2) is 53.4 Å². The third-order valence-corrected chi connectivity index (χ3v) is 4.11. The molecule has 0 aromatic heterocycles. The third kappa shape index (κ3) is 3.61. The van der Waals surface area contributed by atoms with E-state index in [-0.39, 0.29) is 5.97 Å². The highest BCUT2D eigenvalue weighted by Crippen LogP contribution is 2.25. The van der Waals surface area contributed by atoms with Crippen LogP contribution >= 0.6 is 11.8 Å². The Morgan fingerprint density at radius 3 is 2.42 bits per heavy atom. The lowest BCUT2D eigenvalue weighted by molar-refractivity contribution is 0.0600. The van der Waals surface area contributed by atoms with Crippen molar-refractivity contribution in [1.29, 1.82) is 0 Å². The van der Waals surface area contributed by atoms with E-state index in [0.29, 0.717) is 5.56 Å². The van der Waals surface area contributed by atoms with Crippen LogP contribution in [0.25, 0.3) is 0 Å². The number of aryl methyl sites for hydroxylation is 1. The van der Waals surface area contributed by atoms with Crippen LogP contribution in [0.2, 0.25) is 0 Å². The van der Waals surface area contributed by atoms with Gasteiger partial charge in [-0.05, 0) is 36.2 Å². The lowest BCUT2D eigenvalue weighted by atomic mass is 10.1. The summed E-state index contributed by atoms with van der Waals surface area (Å²) in [5.74, 6) is 0.602. The summed E-state index contributed by atoms with van der Waals surface area (Å²) in [6.07, 6.45) is 0. The molecule has 2 rings (SSSR count). The van der Waals surface area contributed by atoms with E-state index in [1.165, 1.54) is 23.1 Å². The molecule has 0 saturated carbocycles. The second-order valence-corrected chi connectivity index (χ2v) is 5.26. The fourth-order valence-corrected chi connectivity index (χ4v) is 2.72. The number of benzene rings is 2. The molecule has 2 aromatic carbocycles. The van der Waals surface area contributed by atoms with Gasteiger partial charge in [-0.2, -0.15) is 0 Å². The van der Waals surface area contributed by atoms with Crippen molar-refractivity contribution < 1.29 is 9.53 Å². The molecular formula is C16H16O2S. The molecule has 2 nitrogen and oxygen atoms in total. The van der Waals surface area contributed by atoms with Crippen molar-refractivity contribution in [3.05, 3.63) is 65.2 Å². The molecule has 0 atom stereocenters. The van der Waals surface area contributed by atoms with Gasteiger partial charge in [0.25, 0.3) is 0 Å². The van der Waals surface area contributed by atoms with Crippen LogP contribution < -0.4 is 0 Å². The molecule has 0 aliphatic rings. The van der Waals surface area contributed by atoms with E-state index in [2.05, 4.69) is 29.9 Å². The van der Waals surface area contributed by atoms with Gasteiger partial charge in [0.1, 0.15) is 0 Å². The molecule has 3 heteroatoms. The highest BCUT2D eigenvalue weighted by molar-refractivity contribution is 7.98. The predicted molar refractivity (Wildman–Crippen MR) is 78.5 cm³/mol. The summed E-state index contributed by atoms with van der Waals surface area (Å²) >= 11 is 1.80. The normalized spacial score (nSPS) is 10.2. The fraction of sp³-hybridized carbons (Fsp3) is 0.188. The average Bonchev–Trinajstić information content (AvgIpc) is 2.46. The van der Waals surface area contributed by atoms with E-state index < -0.39 is 0 Å². The van der Waals surface area contributed by atoms with Gasteiger partial charge in [0.05, 0.1) is 12.7 Å². The Bertz CT molecular complexity index is 561. The molecule has 2 aromatic rings. The topological polar surface area (TPSA) is 26.3 Å². The Hall–Kier alpha value is -1.74. The summed E-state index contributed by atoms with van der Waals surface area (Å²) in [7, 11) is 1.39. The zero-order valence-electron chi connectivity index (χ0n) is 11.1. The summed E-state index contributed by atoms with van der Waals surface area (Å²) in [6.45, 7) is 2.11. The molecule has 0 fully saturated rings. The Morgan fingerprint density at radius 2 is 1.79 bits per heavy atom. The Kier molecular flexibility index (Phi) is 4.63. The second kappa shape index (κ2) is 6.43. The minimum absolute atomic E-state index is 0.293. The molecule has 19 heavy (non-hydrogen) atoms. The van der Waals surface area contributed by atoms with Crippen LogP contribution in [0.5, 0.6) is 0 Å². The van der Waals surface area contributed by atoms with E-state index in [1.807, 2.05) is 18.2 Å². The molecule has 0 spiro atoms. The minimum Gasteiger partial charge on any atom is -0.465 e. The lowest BCUT2D eigenvalue weighted by Gasteiger charge is -2.06. The van der Waals surface area contributed by atoms with Gasteiger partial charge in [-0.1, -0.05) is 30.3 Å². The number of carbonyl (C=O) groups excluding carboxylic acids is 1. The first-order chi connectivity index (χ1) is 9.20. The van der Waals surface area contributed by atoms with Gasteiger partial charge in [-0.3, -0.25) is 0 Å². The highest BCUT2D eigenvalue weighted by Gasteiger charge is 2.05. The molecule has 0 saturated heterocycles. The number of ether oxygens (including phenoxy) is 1. The molecule has 0 aliphatic heterocycles. The monoisotopic (exact) mass is 272 g/mol. The van der Waals surface area contributed by atoms with Gasteiger partial charge in [0.2, 0.25) is 0 Å². The van der Waals surface area contributed by atoms with E-state index in [1.54, 1.807) is 23.9 Å². The van der Waals surface area contributed by atoms with Crippen molar-refractivity contribution in [1.82, 2.24) is 0 Å². The zero-order chi connectivity index (χ0) is 13.7. The van der Waals surface area contributed by atoms with Gasteiger partial charge in [0, 0.05) is 10.6 Å². The van der Waals surface area contributed by atoms with Gasteiger partial charge in [-0.25, -0.2) is 4.79 Å². The maximum absolute atomic E-state index is 11.3. The Balaban J connectivity index is 2.01. The van der Waals surface area contributed by atoms with E-state index in [0.717, 1.165) is 5.75 Å². The number of methoxy groups -OCH3 is 1. The standard InChI is InChI=1S/C16H16O2S/c1-12-5-3-4-6-15(12)19-11-13-7-9-14(10-8-13)16(17)18-2/h3-10H,11H2,1-2H3. The quantitative estimate of drug-likeness (QED) is 0.620. The average molecular weight is 272 g/mol. The van der Waals surface area contributed by atoms with Crippen molar-refractivity contribution >= 4 is 17.7 Å². The van der Waals surface area contributed by atoms with Gasteiger partial charge >= 0.3 is 5.97 Å². The number of rotatable bonds is 4. The summed E-state index contributed by atoms with van der Waals surface area (Å²) in [5.41, 5.74) is 3.08. The van der Waals surface area contributed by atoms with Crippen molar-refractivity contribution in [3.8, 4) is 0 Å². The Morgan fingerprint density at radius 1 is 1.11 bits per heavy atom. The SMILES string of the molecule is COC(=O)c1ccc(CSc2ccccc2C)cc1. The molecule has 0 N–H and O–H groups in total. The maximum atomic E-state index is 11.3. The number of hydrogen-bond acceptors (Lipinski definition) is 3. The van der Waals surface area contributed by atoms with Crippen LogP contribution in [-0.2, 0) is 10.5 Å². The van der Waals surface area contributed by atoms with Gasteiger partial charge in [-0.15, -0.1) is 11.8 Å². The minimum atomic E-state index is -0.293. The third-order valence-electron chi connectivity index (χ3n) is 2.86. The molecule has 0 radical (unpaired) electrons. The van der Waals surface area contributed by atoms with Gasteiger partial charge in [0.15, 0.2) is 0 Å². The van der Waals surface area contributed by atoms with Gasteiger partial charge < -0.3 is 4.74 Å². The van der Waals surface area contributed by atoms with Crippen LogP contribution in [0.3, 0.4) is 0 Å². The summed E-state index contributed by atoms with van der Waals surface area (Å²) in [6, 6.07) is 15.9. The molecular weight excluding hydrogens is 256 g/mol. The van der Waals surface area contributed by atoms with Crippen LogP contribution in [0.1, 0.15) is 21.5 Å². The number of thioether (sulfide) groups is 1. The van der Waals surface area contributed by atoms with Crippen molar-refractivity contribution in [2.24, 2.45) is 0 Å². The van der Waals surface area contributed by atoms with Crippen LogP contribution in [-0.4, -0.2) is 13.1 Å². The van der Waals surface area contributed by atoms with Crippen LogP contribution in [0, 0.1) is 6.92 Å². The number of hydrogen-bond donors (Lipinski definition) is 0. The summed E-state index contributed by atoms with van der Waals surface area (Å²) < 4.78 is 4.68. The van der Waals surface area contributed by atoms with Crippen LogP contribution in [0.4, 0.5) is 0 Å². The highest BCUT2D eigenvalue weighted by atomic mass is 32.2. The van der Waals surface area contributed by atoms with E-state index >= 15 is 0 Å². The molecule has 0 bridgehead atoms. The van der Waals surface area contributed by atoms with Crippen molar-refractivity contribution in [2.75, 3.05) is 7.11 Å². The first kappa shape index (κ1) is 13.7. The second-order valence-electron chi connectivity index (χ2n) is 4.24. The van der Waals surface area contributed by atoms with Crippen molar-refractivity contribution in [2.45, 2.75) is 17.6 Å². The first-order valence-corrected chi connectivity index (χ1v) is 7.05. The molecule has 98 valence electrons.